The number of carbonyl (C=O) groups is 1. The average Bonchev–Trinajstić information content (AvgIpc) is 3.28. The van der Waals surface area contributed by atoms with Crippen LogP contribution in [0.25, 0.3) is 0 Å². The summed E-state index contributed by atoms with van der Waals surface area (Å²) >= 11 is 0. The van der Waals surface area contributed by atoms with Crippen LogP contribution in [-0.2, 0) is 14.3 Å². The lowest BCUT2D eigenvalue weighted by molar-refractivity contribution is -0.303. The molecule has 1 fully saturated rings. The van der Waals surface area contributed by atoms with Gasteiger partial charge in [0, 0.05) is 0 Å². The second kappa shape index (κ2) is 42.2. The summed E-state index contributed by atoms with van der Waals surface area (Å²) in [5, 5.41) is 75.7. The fraction of sp³-hybridized carbons (Fsp3) is 0.942. The van der Waals surface area contributed by atoms with Crippen molar-refractivity contribution in [3.63, 3.8) is 0 Å². The molecule has 374 valence electrons. The van der Waals surface area contributed by atoms with E-state index in [0.717, 1.165) is 38.5 Å². The lowest BCUT2D eigenvalue weighted by atomic mass is 9.98. The molecule has 0 aliphatic carbocycles. The quantitative estimate of drug-likeness (QED) is 0.0216. The zero-order valence-corrected chi connectivity index (χ0v) is 40.6. The van der Waals surface area contributed by atoms with E-state index in [1.54, 1.807) is 0 Å². The second-order valence-corrected chi connectivity index (χ2v) is 19.0. The molecule has 11 heteroatoms. The first kappa shape index (κ1) is 59.9. The predicted octanol–water partition coefficient (Wildman–Crippen LogP) is 10.0. The van der Waals surface area contributed by atoms with Crippen molar-refractivity contribution in [2.75, 3.05) is 13.2 Å². The van der Waals surface area contributed by atoms with Crippen LogP contribution in [0.4, 0.5) is 0 Å². The topological polar surface area (TPSA) is 189 Å². The normalized spacial score (nSPS) is 21.2. The molecule has 0 spiro atoms. The van der Waals surface area contributed by atoms with Crippen molar-refractivity contribution in [3.8, 4) is 0 Å². The summed E-state index contributed by atoms with van der Waals surface area (Å²) in [7, 11) is 0. The smallest absolute Gasteiger partial charge is 0.249 e. The maximum atomic E-state index is 13.1. The number of allylic oxidation sites excluding steroid dienone is 2. The molecule has 1 aliphatic rings. The number of aliphatic hydroxyl groups is 7. The van der Waals surface area contributed by atoms with E-state index < -0.39 is 74.2 Å². The van der Waals surface area contributed by atoms with Gasteiger partial charge in [-0.2, -0.15) is 0 Å². The molecular formula is C52H101NO10. The second-order valence-electron chi connectivity index (χ2n) is 19.0. The van der Waals surface area contributed by atoms with Gasteiger partial charge in [0.2, 0.25) is 5.91 Å². The first-order chi connectivity index (χ1) is 30.7. The van der Waals surface area contributed by atoms with E-state index in [1.807, 2.05) is 0 Å². The van der Waals surface area contributed by atoms with Crippen LogP contribution in [-0.4, -0.2) is 110 Å². The predicted molar refractivity (Wildman–Crippen MR) is 256 cm³/mol. The van der Waals surface area contributed by atoms with Crippen molar-refractivity contribution in [1.29, 1.82) is 0 Å². The van der Waals surface area contributed by atoms with Gasteiger partial charge < -0.3 is 50.5 Å². The Morgan fingerprint density at radius 1 is 0.540 bits per heavy atom. The number of amides is 1. The van der Waals surface area contributed by atoms with Crippen molar-refractivity contribution >= 4 is 5.91 Å². The molecule has 0 radical (unpaired) electrons. The molecule has 0 aromatic heterocycles. The summed E-state index contributed by atoms with van der Waals surface area (Å²) in [6, 6.07) is -1.18. The van der Waals surface area contributed by atoms with Gasteiger partial charge in [0.1, 0.15) is 36.6 Å². The van der Waals surface area contributed by atoms with Crippen molar-refractivity contribution in [3.05, 3.63) is 12.2 Å². The summed E-state index contributed by atoms with van der Waals surface area (Å²) in [5.74, 6) is -0.703. The Hall–Kier alpha value is -1.15. The van der Waals surface area contributed by atoms with Crippen molar-refractivity contribution < 1.29 is 50.0 Å². The molecule has 1 aliphatic heterocycles. The van der Waals surface area contributed by atoms with Gasteiger partial charge in [0.25, 0.3) is 0 Å². The van der Waals surface area contributed by atoms with Crippen LogP contribution >= 0.6 is 0 Å². The highest BCUT2D eigenvalue weighted by Gasteiger charge is 2.44. The third-order valence-corrected chi connectivity index (χ3v) is 13.1. The summed E-state index contributed by atoms with van der Waals surface area (Å²) in [4.78, 5) is 13.1. The van der Waals surface area contributed by atoms with Gasteiger partial charge >= 0.3 is 0 Å². The zero-order chi connectivity index (χ0) is 46.2. The number of aliphatic hydroxyl groups excluding tert-OH is 7. The minimum atomic E-state index is -1.66. The van der Waals surface area contributed by atoms with Crippen molar-refractivity contribution in [2.24, 2.45) is 0 Å². The summed E-state index contributed by atoms with van der Waals surface area (Å²) < 4.78 is 11.1. The number of nitrogens with one attached hydrogen (secondary N) is 1. The van der Waals surface area contributed by atoms with E-state index in [4.69, 9.17) is 9.47 Å². The standard InChI is InChI=1S/C52H101NO10/c1-3-5-7-9-11-13-15-16-17-18-19-20-21-22-23-24-25-26-27-28-30-32-34-36-38-40-45(56)51(61)53-43(42-62-52-50(60)49(59)48(58)46(41-54)63-52)47(57)44(55)39-37-35-33-31-29-14-12-10-8-6-4-2/h31,33,43-50,52,54-60H,3-30,32,34-42H2,1-2H3,(H,53,61)/b33-31+. The molecule has 0 aromatic rings. The maximum Gasteiger partial charge on any atom is 0.249 e. The van der Waals surface area contributed by atoms with Crippen LogP contribution in [0, 0.1) is 0 Å². The Labute approximate surface area is 385 Å². The molecule has 9 atom stereocenters. The lowest BCUT2D eigenvalue weighted by Crippen LogP contribution is -2.60. The molecule has 63 heavy (non-hydrogen) atoms. The van der Waals surface area contributed by atoms with E-state index in [9.17, 15) is 40.5 Å². The minimum Gasteiger partial charge on any atom is -0.394 e. The SMILES string of the molecule is CCCCCCCC/C=C/CCCC(O)C(O)C(COC1OC(CO)C(O)C(O)C1O)NC(=O)C(O)CCCCCCCCCCCCCCCCCCCCCCCCCCC. The monoisotopic (exact) mass is 900 g/mol. The van der Waals surface area contributed by atoms with Crippen LogP contribution < -0.4 is 5.32 Å². The molecule has 1 heterocycles. The largest absolute Gasteiger partial charge is 0.394 e. The molecule has 0 bridgehead atoms. The van der Waals surface area contributed by atoms with E-state index in [2.05, 4.69) is 31.3 Å². The summed E-state index contributed by atoms with van der Waals surface area (Å²) in [6.45, 7) is 3.43. The third kappa shape index (κ3) is 31.5. The number of carbonyl (C=O) groups excluding carboxylic acids is 1. The van der Waals surface area contributed by atoms with Crippen LogP contribution in [0.5, 0.6) is 0 Å². The van der Waals surface area contributed by atoms with Gasteiger partial charge in [-0.3, -0.25) is 4.79 Å². The lowest BCUT2D eigenvalue weighted by Gasteiger charge is -2.40. The fourth-order valence-corrected chi connectivity index (χ4v) is 8.68. The number of rotatable bonds is 45. The third-order valence-electron chi connectivity index (χ3n) is 13.1. The van der Waals surface area contributed by atoms with Crippen molar-refractivity contribution in [1.82, 2.24) is 5.32 Å². The van der Waals surface area contributed by atoms with E-state index in [0.29, 0.717) is 12.8 Å². The Kier molecular flexibility index (Phi) is 40.1. The van der Waals surface area contributed by atoms with Gasteiger partial charge in [-0.25, -0.2) is 0 Å². The Bertz CT molecular complexity index is 1030. The number of hydrogen-bond donors (Lipinski definition) is 8. The van der Waals surface area contributed by atoms with Gasteiger partial charge in [0.15, 0.2) is 6.29 Å². The van der Waals surface area contributed by atoms with Gasteiger partial charge in [-0.15, -0.1) is 0 Å². The van der Waals surface area contributed by atoms with Gasteiger partial charge in [-0.1, -0.05) is 219 Å². The minimum absolute atomic E-state index is 0.259. The van der Waals surface area contributed by atoms with Gasteiger partial charge in [0.05, 0.1) is 25.4 Å². The van der Waals surface area contributed by atoms with Crippen LogP contribution in [0.2, 0.25) is 0 Å². The first-order valence-corrected chi connectivity index (χ1v) is 26.6. The maximum absolute atomic E-state index is 13.1. The average molecular weight is 900 g/mol. The Morgan fingerprint density at radius 2 is 0.937 bits per heavy atom. The van der Waals surface area contributed by atoms with Crippen LogP contribution in [0.3, 0.4) is 0 Å². The summed E-state index contributed by atoms with van der Waals surface area (Å²) in [6.07, 6.45) is 35.7. The highest BCUT2D eigenvalue weighted by molar-refractivity contribution is 5.80. The number of unbranched alkanes of at least 4 members (excludes halogenated alkanes) is 31. The Balaban J connectivity index is 2.28. The summed E-state index contributed by atoms with van der Waals surface area (Å²) in [5.41, 5.74) is 0. The first-order valence-electron chi connectivity index (χ1n) is 26.6. The van der Waals surface area contributed by atoms with Crippen LogP contribution in [0.1, 0.15) is 245 Å². The fourth-order valence-electron chi connectivity index (χ4n) is 8.68. The highest BCUT2D eigenvalue weighted by atomic mass is 16.7. The molecule has 0 saturated carbocycles. The molecular weight excluding hydrogens is 799 g/mol. The molecule has 0 aromatic carbocycles. The molecule has 1 saturated heterocycles. The highest BCUT2D eigenvalue weighted by Crippen LogP contribution is 2.23. The van der Waals surface area contributed by atoms with E-state index in [1.165, 1.54) is 167 Å². The number of ether oxygens (including phenoxy) is 2. The van der Waals surface area contributed by atoms with Crippen LogP contribution in [0.15, 0.2) is 12.2 Å². The van der Waals surface area contributed by atoms with E-state index in [-0.39, 0.29) is 12.8 Å². The van der Waals surface area contributed by atoms with E-state index >= 15 is 0 Å². The molecule has 8 N–H and O–H groups in total. The number of hydrogen-bond acceptors (Lipinski definition) is 10. The zero-order valence-electron chi connectivity index (χ0n) is 40.6. The van der Waals surface area contributed by atoms with Gasteiger partial charge in [-0.05, 0) is 38.5 Å². The Morgan fingerprint density at radius 3 is 1.37 bits per heavy atom. The molecule has 9 unspecified atom stereocenters. The molecule has 1 rings (SSSR count). The molecule has 1 amide bonds. The van der Waals surface area contributed by atoms with Crippen molar-refractivity contribution in [2.45, 2.75) is 300 Å². The molecule has 11 nitrogen and oxygen atoms in total.